The fourth-order valence-corrected chi connectivity index (χ4v) is 6.06. The smallest absolute Gasteiger partial charge is 0.272 e. The molecule has 220 valence electrons. The van der Waals surface area contributed by atoms with Crippen LogP contribution in [0.2, 0.25) is 0 Å². The van der Waals surface area contributed by atoms with Gasteiger partial charge >= 0.3 is 0 Å². The van der Waals surface area contributed by atoms with Crippen molar-refractivity contribution in [3.05, 3.63) is 82.4 Å². The second-order valence-electron chi connectivity index (χ2n) is 10.4. The summed E-state index contributed by atoms with van der Waals surface area (Å²) in [6.07, 6.45) is 7.43. The van der Waals surface area contributed by atoms with Gasteiger partial charge in [-0.05, 0) is 49.4 Å². The number of carbonyl (C=O) groups excluding carboxylic acids is 2. The number of rotatable bonds is 13. The number of nitrogens with zero attached hydrogens (tertiary/aromatic N) is 3. The number of carbonyl (C=O) groups is 2. The lowest BCUT2D eigenvalue weighted by Crippen LogP contribution is -2.39. The van der Waals surface area contributed by atoms with Gasteiger partial charge in [0.1, 0.15) is 16.5 Å². The van der Waals surface area contributed by atoms with Crippen LogP contribution in [-0.2, 0) is 17.8 Å². The van der Waals surface area contributed by atoms with Gasteiger partial charge in [-0.15, -0.1) is 11.3 Å². The van der Waals surface area contributed by atoms with Crippen LogP contribution in [0.25, 0.3) is 11.3 Å². The molecule has 4 aromatic rings. The average Bonchev–Trinajstić information content (AvgIpc) is 3.81. The van der Waals surface area contributed by atoms with Crippen LogP contribution in [-0.4, -0.2) is 46.8 Å². The summed E-state index contributed by atoms with van der Waals surface area (Å²) in [6, 6.07) is 17.3. The molecule has 2 aromatic carbocycles. The normalized spacial score (nSPS) is 14.0. The number of aromatic nitrogens is 3. The minimum absolute atomic E-state index is 0.139. The molecule has 9 nitrogen and oxygen atoms in total. The maximum Gasteiger partial charge on any atom is 0.272 e. The van der Waals surface area contributed by atoms with Gasteiger partial charge in [0.2, 0.25) is 5.91 Å². The van der Waals surface area contributed by atoms with E-state index >= 15 is 0 Å². The third-order valence-corrected chi connectivity index (χ3v) is 8.41. The van der Waals surface area contributed by atoms with Crippen molar-refractivity contribution in [2.24, 2.45) is 0 Å². The Balaban J connectivity index is 1.39. The molecule has 1 saturated carbocycles. The number of hydrogen-bond donors (Lipinski definition) is 2. The lowest BCUT2D eigenvalue weighted by atomic mass is 10.0. The van der Waals surface area contributed by atoms with E-state index in [4.69, 9.17) is 14.6 Å². The lowest BCUT2D eigenvalue weighted by molar-refractivity contribution is -0.121. The van der Waals surface area contributed by atoms with E-state index in [0.29, 0.717) is 30.2 Å². The van der Waals surface area contributed by atoms with E-state index in [-0.39, 0.29) is 30.3 Å². The van der Waals surface area contributed by atoms with Gasteiger partial charge in [-0.2, -0.15) is 5.10 Å². The van der Waals surface area contributed by atoms with Gasteiger partial charge in [-0.1, -0.05) is 49.2 Å². The summed E-state index contributed by atoms with van der Waals surface area (Å²) >= 11 is 1.49. The van der Waals surface area contributed by atoms with Gasteiger partial charge in [0.05, 0.1) is 38.1 Å². The van der Waals surface area contributed by atoms with E-state index in [2.05, 4.69) is 27.8 Å². The number of methoxy groups -OCH3 is 2. The van der Waals surface area contributed by atoms with Crippen molar-refractivity contribution in [3.8, 4) is 22.8 Å². The summed E-state index contributed by atoms with van der Waals surface area (Å²) in [4.78, 5) is 30.9. The largest absolute Gasteiger partial charge is 0.496 e. The van der Waals surface area contributed by atoms with E-state index in [1.54, 1.807) is 20.4 Å². The first kappa shape index (κ1) is 29.3. The van der Waals surface area contributed by atoms with Gasteiger partial charge in [-0.3, -0.25) is 14.3 Å². The number of hydrogen-bond acceptors (Lipinski definition) is 7. The molecule has 1 aliphatic rings. The predicted molar refractivity (Wildman–Crippen MR) is 163 cm³/mol. The van der Waals surface area contributed by atoms with E-state index in [1.807, 2.05) is 52.5 Å². The summed E-state index contributed by atoms with van der Waals surface area (Å²) in [5.74, 6) is 0.850. The summed E-state index contributed by atoms with van der Waals surface area (Å²) in [6.45, 7) is 0.367. The third-order valence-electron chi connectivity index (χ3n) is 7.63. The minimum Gasteiger partial charge on any atom is -0.496 e. The van der Waals surface area contributed by atoms with Crippen LogP contribution in [0.3, 0.4) is 0 Å². The molecule has 2 heterocycles. The van der Waals surface area contributed by atoms with Gasteiger partial charge in [0, 0.05) is 24.0 Å². The van der Waals surface area contributed by atoms with E-state index in [9.17, 15) is 9.59 Å². The molecule has 5 rings (SSSR count). The van der Waals surface area contributed by atoms with Gasteiger partial charge in [0.15, 0.2) is 5.69 Å². The molecule has 10 heteroatoms. The Morgan fingerprint density at radius 1 is 1.05 bits per heavy atom. The number of nitrogens with one attached hydrogen (secondary N) is 2. The molecule has 0 spiro atoms. The highest BCUT2D eigenvalue weighted by Crippen LogP contribution is 2.41. The highest BCUT2D eigenvalue weighted by Gasteiger charge is 2.28. The van der Waals surface area contributed by atoms with Crippen LogP contribution >= 0.6 is 11.3 Å². The van der Waals surface area contributed by atoms with Gasteiger partial charge in [-0.25, -0.2) is 4.98 Å². The quantitative estimate of drug-likeness (QED) is 0.212. The summed E-state index contributed by atoms with van der Waals surface area (Å²) in [7, 11) is 3.25. The van der Waals surface area contributed by atoms with Crippen molar-refractivity contribution in [1.82, 2.24) is 25.4 Å². The maximum atomic E-state index is 13.7. The van der Waals surface area contributed by atoms with Crippen molar-refractivity contribution in [1.29, 1.82) is 0 Å². The standard InChI is InChI=1S/C32H37N5O4S/c1-40-27-13-8-14-28(41-2)31(27)26-20-25(36-37(26)24-11-6-7-12-24)32(39)35-23(16-15-22-9-4-3-5-10-22)19-29(38)34-21-30-33-17-18-42-30/h3-5,8-10,13-14,17-18,20,23-24H,6-7,11-12,15-16,19,21H2,1-2H3,(H,34,38)(H,35,39)/t23-/m0/s1. The Morgan fingerprint density at radius 2 is 1.79 bits per heavy atom. The number of thiazole rings is 1. The molecule has 1 fully saturated rings. The van der Waals surface area contributed by atoms with E-state index < -0.39 is 0 Å². The maximum absolute atomic E-state index is 13.7. The zero-order valence-corrected chi connectivity index (χ0v) is 24.9. The number of benzene rings is 2. The van der Waals surface area contributed by atoms with Crippen LogP contribution in [0.1, 0.15) is 65.6 Å². The second-order valence-corrected chi connectivity index (χ2v) is 11.4. The molecule has 0 saturated heterocycles. The van der Waals surface area contributed by atoms with Crippen LogP contribution in [0.15, 0.2) is 66.2 Å². The molecule has 0 aliphatic heterocycles. The van der Waals surface area contributed by atoms with Crippen molar-refractivity contribution < 1.29 is 19.1 Å². The van der Waals surface area contributed by atoms with Crippen LogP contribution < -0.4 is 20.1 Å². The summed E-state index contributed by atoms with van der Waals surface area (Å²) in [5.41, 5.74) is 3.00. The summed E-state index contributed by atoms with van der Waals surface area (Å²) < 4.78 is 13.3. The predicted octanol–water partition coefficient (Wildman–Crippen LogP) is 5.58. The number of ether oxygens (including phenoxy) is 2. The van der Waals surface area contributed by atoms with Crippen LogP contribution in [0, 0.1) is 0 Å². The third kappa shape index (κ3) is 7.17. The lowest BCUT2D eigenvalue weighted by Gasteiger charge is -2.18. The monoisotopic (exact) mass is 587 g/mol. The van der Waals surface area contributed by atoms with Crippen molar-refractivity contribution in [3.63, 3.8) is 0 Å². The van der Waals surface area contributed by atoms with E-state index in [1.165, 1.54) is 11.3 Å². The minimum atomic E-state index is -0.380. The van der Waals surface area contributed by atoms with Crippen molar-refractivity contribution in [2.75, 3.05) is 14.2 Å². The number of amides is 2. The fraction of sp³-hybridized carbons (Fsp3) is 0.375. The van der Waals surface area contributed by atoms with Crippen LogP contribution in [0.5, 0.6) is 11.5 Å². The molecule has 42 heavy (non-hydrogen) atoms. The zero-order chi connectivity index (χ0) is 29.3. The van der Waals surface area contributed by atoms with Crippen LogP contribution in [0.4, 0.5) is 0 Å². The SMILES string of the molecule is COc1cccc(OC)c1-c1cc(C(=O)N[C@@H](CCc2ccccc2)CC(=O)NCc2nccs2)nn1C1CCCC1. The molecular formula is C32H37N5O4S. The first-order valence-corrected chi connectivity index (χ1v) is 15.2. The second kappa shape index (κ2) is 14.1. The molecule has 2 aromatic heterocycles. The first-order chi connectivity index (χ1) is 20.6. The Kier molecular flexibility index (Phi) is 9.86. The highest BCUT2D eigenvalue weighted by atomic mass is 32.1. The molecule has 0 radical (unpaired) electrons. The highest BCUT2D eigenvalue weighted by molar-refractivity contribution is 7.09. The van der Waals surface area contributed by atoms with Gasteiger partial charge in [0.25, 0.3) is 5.91 Å². The summed E-state index contributed by atoms with van der Waals surface area (Å²) in [5, 5.41) is 13.6. The van der Waals surface area contributed by atoms with E-state index in [0.717, 1.165) is 53.9 Å². The van der Waals surface area contributed by atoms with Gasteiger partial charge < -0.3 is 20.1 Å². The Labute approximate surface area is 250 Å². The molecular weight excluding hydrogens is 550 g/mol. The molecule has 0 bridgehead atoms. The zero-order valence-electron chi connectivity index (χ0n) is 24.0. The molecule has 1 aliphatic carbocycles. The Morgan fingerprint density at radius 3 is 2.45 bits per heavy atom. The Bertz CT molecular complexity index is 1440. The molecule has 0 unspecified atom stereocenters. The molecule has 2 N–H and O–H groups in total. The first-order valence-electron chi connectivity index (χ1n) is 14.4. The fourth-order valence-electron chi connectivity index (χ4n) is 5.50. The van der Waals surface area contributed by atoms with Crippen molar-refractivity contribution >= 4 is 23.2 Å². The van der Waals surface area contributed by atoms with Crippen molar-refractivity contribution in [2.45, 2.75) is 63.6 Å². The topological polar surface area (TPSA) is 107 Å². The average molecular weight is 588 g/mol. The Hall–Kier alpha value is -4.18. The number of aryl methyl sites for hydroxylation is 1. The molecule has 1 atom stereocenters. The molecule has 2 amide bonds.